The molecule has 2 aliphatic heterocycles. The first-order valence-electron chi connectivity index (χ1n) is 13.9. The molecular weight excluding hydrogens is 488 g/mol. The monoisotopic (exact) mass is 525 g/mol. The lowest BCUT2D eigenvalue weighted by Crippen LogP contribution is -2.50. The third kappa shape index (κ3) is 6.14. The Labute approximate surface area is 223 Å². The highest BCUT2D eigenvalue weighted by Gasteiger charge is 2.45. The second-order valence-electron chi connectivity index (χ2n) is 10.8. The molecule has 2 aromatic rings. The third-order valence-electron chi connectivity index (χ3n) is 8.31. The van der Waals surface area contributed by atoms with Crippen molar-refractivity contribution in [2.75, 3.05) is 44.2 Å². The van der Waals surface area contributed by atoms with E-state index in [1.54, 1.807) is 6.20 Å². The van der Waals surface area contributed by atoms with Crippen molar-refractivity contribution in [2.45, 2.75) is 51.1 Å². The Balaban J connectivity index is 1.30. The lowest BCUT2D eigenvalue weighted by molar-refractivity contribution is -0.135. The Morgan fingerprint density at radius 3 is 2.55 bits per heavy atom. The summed E-state index contributed by atoms with van der Waals surface area (Å²) in [6.07, 6.45) is 6.77. The first kappa shape index (κ1) is 26.5. The van der Waals surface area contributed by atoms with Gasteiger partial charge in [-0.2, -0.15) is 0 Å². The molecule has 1 aromatic heterocycles. The van der Waals surface area contributed by atoms with Gasteiger partial charge >= 0.3 is 0 Å². The Morgan fingerprint density at radius 2 is 1.79 bits per heavy atom. The summed E-state index contributed by atoms with van der Waals surface area (Å²) in [4.78, 5) is 37.6. The predicted molar refractivity (Wildman–Crippen MR) is 141 cm³/mol. The van der Waals surface area contributed by atoms with Crippen LogP contribution in [0.4, 0.5) is 14.6 Å². The molecule has 7 nitrogen and oxygen atoms in total. The number of hydrogen-bond acceptors (Lipinski definition) is 5. The number of pyridine rings is 1. The summed E-state index contributed by atoms with van der Waals surface area (Å²) in [5.74, 6) is -0.751. The van der Waals surface area contributed by atoms with Gasteiger partial charge in [-0.15, -0.1) is 0 Å². The van der Waals surface area contributed by atoms with E-state index in [2.05, 4.69) is 20.1 Å². The number of benzene rings is 1. The average molecular weight is 526 g/mol. The van der Waals surface area contributed by atoms with Crippen molar-refractivity contribution < 1.29 is 18.4 Å². The number of nitrogens with one attached hydrogen (secondary N) is 1. The van der Waals surface area contributed by atoms with Gasteiger partial charge in [0.1, 0.15) is 17.5 Å². The van der Waals surface area contributed by atoms with Crippen molar-refractivity contribution in [3.05, 3.63) is 59.8 Å². The molecule has 3 heterocycles. The Kier molecular flexibility index (Phi) is 8.51. The molecule has 2 amide bonds. The summed E-state index contributed by atoms with van der Waals surface area (Å²) < 4.78 is 28.1. The van der Waals surface area contributed by atoms with Gasteiger partial charge in [0.05, 0.1) is 5.92 Å². The van der Waals surface area contributed by atoms with Crippen LogP contribution in [0.1, 0.15) is 44.1 Å². The van der Waals surface area contributed by atoms with E-state index in [0.717, 1.165) is 57.2 Å². The molecule has 1 saturated carbocycles. The second-order valence-corrected chi connectivity index (χ2v) is 10.8. The van der Waals surface area contributed by atoms with E-state index >= 15 is 0 Å². The highest BCUT2D eigenvalue weighted by molar-refractivity contribution is 5.84. The van der Waals surface area contributed by atoms with Gasteiger partial charge in [0.2, 0.25) is 11.8 Å². The average Bonchev–Trinajstić information content (AvgIpc) is 3.37. The van der Waals surface area contributed by atoms with E-state index in [9.17, 15) is 18.4 Å². The van der Waals surface area contributed by atoms with Crippen LogP contribution in [0.3, 0.4) is 0 Å². The minimum Gasteiger partial charge on any atom is -0.356 e. The minimum absolute atomic E-state index is 0.0169. The molecule has 1 aliphatic carbocycles. The zero-order chi connectivity index (χ0) is 26.5. The number of rotatable bonds is 4. The van der Waals surface area contributed by atoms with Crippen molar-refractivity contribution in [3.8, 4) is 0 Å². The molecule has 9 heteroatoms. The number of amides is 2. The molecular formula is C29H37F2N5O2. The normalized spacial score (nSPS) is 25.4. The van der Waals surface area contributed by atoms with Crippen LogP contribution in [0.15, 0.2) is 42.6 Å². The standard InChI is InChI=1S/C29H37F2N5O2/c30-23-9-8-21(25(31)19-23)20-36-12-6-2-1-4-11-33-28(37)24-17-22(18-26(24)36)29(38)35-15-13-34(14-16-35)27-7-3-5-10-32-27/h3,5,7-10,19,22,24,26H,1-2,4,6,11-18,20H2,(H,33,37). The molecule has 2 saturated heterocycles. The molecule has 38 heavy (non-hydrogen) atoms. The van der Waals surface area contributed by atoms with Crippen LogP contribution in [0.2, 0.25) is 0 Å². The first-order valence-corrected chi connectivity index (χ1v) is 13.9. The summed E-state index contributed by atoms with van der Waals surface area (Å²) in [6.45, 7) is 4.34. The topological polar surface area (TPSA) is 68.8 Å². The summed E-state index contributed by atoms with van der Waals surface area (Å²) in [7, 11) is 0. The lowest BCUT2D eigenvalue weighted by Gasteiger charge is -2.36. The number of anilines is 1. The molecule has 0 bridgehead atoms. The van der Waals surface area contributed by atoms with Gasteiger partial charge in [-0.1, -0.05) is 25.0 Å². The fourth-order valence-corrected chi connectivity index (χ4v) is 6.22. The first-order chi connectivity index (χ1) is 18.5. The number of fused-ring (bicyclic) bond motifs is 1. The number of hydrogen-bond donors (Lipinski definition) is 1. The van der Waals surface area contributed by atoms with Gasteiger partial charge < -0.3 is 15.1 Å². The fraction of sp³-hybridized carbons (Fsp3) is 0.552. The highest BCUT2D eigenvalue weighted by atomic mass is 19.1. The number of carbonyl (C=O) groups is 2. The van der Waals surface area contributed by atoms with Crippen LogP contribution >= 0.6 is 0 Å². The summed E-state index contributed by atoms with van der Waals surface area (Å²) in [5, 5.41) is 3.09. The maximum atomic E-state index is 14.6. The largest absolute Gasteiger partial charge is 0.356 e. The summed E-state index contributed by atoms with van der Waals surface area (Å²) in [6, 6.07) is 9.35. The van der Waals surface area contributed by atoms with E-state index in [0.29, 0.717) is 44.6 Å². The number of piperazine rings is 1. The van der Waals surface area contributed by atoms with Gasteiger partial charge in [0.15, 0.2) is 0 Å². The maximum Gasteiger partial charge on any atom is 0.225 e. The van der Waals surface area contributed by atoms with E-state index in [4.69, 9.17) is 0 Å². The van der Waals surface area contributed by atoms with Crippen molar-refractivity contribution in [1.29, 1.82) is 0 Å². The minimum atomic E-state index is -0.601. The molecule has 3 unspecified atom stereocenters. The van der Waals surface area contributed by atoms with Crippen molar-refractivity contribution in [1.82, 2.24) is 20.1 Å². The van der Waals surface area contributed by atoms with Crippen LogP contribution in [0.5, 0.6) is 0 Å². The molecule has 0 spiro atoms. The van der Waals surface area contributed by atoms with Crippen LogP contribution in [0.25, 0.3) is 0 Å². The van der Waals surface area contributed by atoms with Crippen LogP contribution in [-0.4, -0.2) is 71.9 Å². The predicted octanol–water partition coefficient (Wildman–Crippen LogP) is 3.60. The van der Waals surface area contributed by atoms with E-state index in [1.807, 2.05) is 23.1 Å². The van der Waals surface area contributed by atoms with Gasteiger partial charge in [0, 0.05) is 69.1 Å². The molecule has 0 radical (unpaired) electrons. The molecule has 3 aliphatic rings. The third-order valence-corrected chi connectivity index (χ3v) is 8.31. The van der Waals surface area contributed by atoms with Gasteiger partial charge in [-0.25, -0.2) is 13.8 Å². The highest BCUT2D eigenvalue weighted by Crippen LogP contribution is 2.38. The Hall–Kier alpha value is -3.07. The van der Waals surface area contributed by atoms with Crippen LogP contribution in [-0.2, 0) is 16.1 Å². The van der Waals surface area contributed by atoms with Crippen molar-refractivity contribution in [2.24, 2.45) is 11.8 Å². The number of aromatic nitrogens is 1. The Bertz CT molecular complexity index is 1110. The number of nitrogens with zero attached hydrogens (tertiary/aromatic N) is 4. The van der Waals surface area contributed by atoms with Crippen molar-refractivity contribution in [3.63, 3.8) is 0 Å². The van der Waals surface area contributed by atoms with Crippen LogP contribution in [0, 0.1) is 23.5 Å². The molecule has 1 N–H and O–H groups in total. The number of halogens is 2. The lowest BCUT2D eigenvalue weighted by atomic mass is 9.99. The van der Waals surface area contributed by atoms with E-state index in [-0.39, 0.29) is 29.7 Å². The van der Waals surface area contributed by atoms with Crippen molar-refractivity contribution >= 4 is 17.6 Å². The fourth-order valence-electron chi connectivity index (χ4n) is 6.22. The molecule has 5 rings (SSSR count). The molecule has 3 atom stereocenters. The van der Waals surface area contributed by atoms with E-state index < -0.39 is 11.6 Å². The summed E-state index contributed by atoms with van der Waals surface area (Å²) in [5.41, 5.74) is 0.417. The van der Waals surface area contributed by atoms with Crippen LogP contribution < -0.4 is 10.2 Å². The smallest absolute Gasteiger partial charge is 0.225 e. The second kappa shape index (κ2) is 12.2. The van der Waals surface area contributed by atoms with Gasteiger partial charge in [-0.05, 0) is 50.4 Å². The zero-order valence-corrected chi connectivity index (χ0v) is 21.8. The molecule has 1 aromatic carbocycles. The van der Waals surface area contributed by atoms with Gasteiger partial charge in [0.25, 0.3) is 0 Å². The molecule has 204 valence electrons. The molecule has 3 fully saturated rings. The maximum absolute atomic E-state index is 14.6. The summed E-state index contributed by atoms with van der Waals surface area (Å²) >= 11 is 0. The van der Waals surface area contributed by atoms with Gasteiger partial charge in [-0.3, -0.25) is 14.5 Å². The quantitative estimate of drug-likeness (QED) is 0.661. The Morgan fingerprint density at radius 1 is 0.974 bits per heavy atom. The number of carbonyl (C=O) groups excluding carboxylic acids is 2. The SMILES string of the molecule is O=C1NCCCCCCN(Cc2ccc(F)cc2F)C2CC(C(=O)N3CCN(c4ccccn4)CC3)CC12. The zero-order valence-electron chi connectivity index (χ0n) is 21.8. The van der Waals surface area contributed by atoms with E-state index in [1.165, 1.54) is 12.1 Å².